The second kappa shape index (κ2) is 3.12. The van der Waals surface area contributed by atoms with E-state index in [9.17, 15) is 16.7 Å². The molecule has 72 valence electrons. The van der Waals surface area contributed by atoms with Gasteiger partial charge in [-0.2, -0.15) is 8.42 Å². The maximum Gasteiger partial charge on any atom is 0.335 e. The van der Waals surface area contributed by atoms with E-state index in [0.717, 1.165) is 0 Å². The van der Waals surface area contributed by atoms with Crippen molar-refractivity contribution in [3.8, 4) is 5.75 Å². The van der Waals surface area contributed by atoms with Gasteiger partial charge < -0.3 is 5.11 Å². The minimum atomic E-state index is -5.15. The summed E-state index contributed by atoms with van der Waals surface area (Å²) in [6, 6.07) is 1.29. The second-order valence-electron chi connectivity index (χ2n) is 2.17. The average molecular weight is 229 g/mol. The zero-order valence-electron chi connectivity index (χ0n) is 5.96. The van der Waals surface area contributed by atoms with E-state index in [0.29, 0.717) is 12.1 Å². The molecule has 0 bridgehead atoms. The van der Waals surface area contributed by atoms with E-state index in [1.165, 1.54) is 0 Å². The Labute approximate surface area is 77.8 Å². The van der Waals surface area contributed by atoms with Gasteiger partial charge in [0.05, 0.1) is 0 Å². The van der Waals surface area contributed by atoms with Crippen molar-refractivity contribution >= 4 is 21.8 Å². The predicted molar refractivity (Wildman–Crippen MR) is 41.4 cm³/mol. The highest BCUT2D eigenvalue weighted by atomic mass is 35.5. The molecule has 0 saturated carbocycles. The molecule has 1 N–H and O–H groups in total. The van der Waals surface area contributed by atoms with Crippen LogP contribution < -0.4 is 0 Å². The van der Waals surface area contributed by atoms with Crippen LogP contribution in [-0.2, 0) is 10.2 Å². The highest BCUT2D eigenvalue weighted by Crippen LogP contribution is 2.30. The van der Waals surface area contributed by atoms with Crippen molar-refractivity contribution in [3.05, 3.63) is 23.0 Å². The van der Waals surface area contributed by atoms with Gasteiger partial charge in [0.2, 0.25) is 0 Å². The lowest BCUT2D eigenvalue weighted by Crippen LogP contribution is -1.94. The van der Waals surface area contributed by atoms with E-state index >= 15 is 0 Å². The molecule has 7 heteroatoms. The minimum absolute atomic E-state index is 0.313. The molecule has 1 aromatic rings. The molecule has 0 radical (unpaired) electrons. The number of hydrogen-bond donors (Lipinski definition) is 1. The van der Waals surface area contributed by atoms with Gasteiger partial charge in [0.15, 0.2) is 11.6 Å². The number of aromatic hydroxyl groups is 1. The molecule has 0 amide bonds. The first-order valence-electron chi connectivity index (χ1n) is 2.95. The van der Waals surface area contributed by atoms with Gasteiger partial charge in [0.1, 0.15) is 4.90 Å². The third-order valence-electron chi connectivity index (χ3n) is 1.26. The Morgan fingerprint density at radius 2 is 1.92 bits per heavy atom. The Morgan fingerprint density at radius 3 is 2.38 bits per heavy atom. The molecule has 0 spiro atoms. The molecule has 13 heavy (non-hydrogen) atoms. The largest absolute Gasteiger partial charge is 0.504 e. The van der Waals surface area contributed by atoms with Gasteiger partial charge >= 0.3 is 10.2 Å². The van der Waals surface area contributed by atoms with Gasteiger partial charge in [-0.3, -0.25) is 0 Å². The number of phenolic OH excluding ortho intramolecular Hbond substituents is 1. The molecule has 1 aromatic carbocycles. The summed E-state index contributed by atoms with van der Waals surface area (Å²) in [5, 5.41) is 8.49. The van der Waals surface area contributed by atoms with E-state index in [-0.39, 0.29) is 5.02 Å². The SMILES string of the molecule is O=S(=O)(F)c1cc(Cl)cc(F)c1O. The van der Waals surface area contributed by atoms with Crippen LogP contribution in [0.4, 0.5) is 8.28 Å². The Bertz CT molecular complexity index is 443. The van der Waals surface area contributed by atoms with Gasteiger partial charge in [0, 0.05) is 5.02 Å². The molecule has 0 fully saturated rings. The van der Waals surface area contributed by atoms with Gasteiger partial charge in [-0.15, -0.1) is 3.89 Å². The van der Waals surface area contributed by atoms with E-state index in [4.69, 9.17) is 16.7 Å². The van der Waals surface area contributed by atoms with Gasteiger partial charge in [-0.25, -0.2) is 4.39 Å². The van der Waals surface area contributed by atoms with Crippen LogP contribution in [0.2, 0.25) is 5.02 Å². The molecule has 0 aliphatic heterocycles. The molecule has 0 aliphatic carbocycles. The zero-order valence-corrected chi connectivity index (χ0v) is 7.53. The van der Waals surface area contributed by atoms with Crippen molar-refractivity contribution in [3.63, 3.8) is 0 Å². The monoisotopic (exact) mass is 228 g/mol. The van der Waals surface area contributed by atoms with Crippen molar-refractivity contribution in [1.29, 1.82) is 0 Å². The molecule has 0 atom stereocenters. The lowest BCUT2D eigenvalue weighted by Gasteiger charge is -2.00. The van der Waals surface area contributed by atoms with Crippen LogP contribution >= 0.6 is 11.6 Å². The Balaban J connectivity index is 3.56. The van der Waals surface area contributed by atoms with Crippen LogP contribution in [0.5, 0.6) is 5.75 Å². The highest BCUT2D eigenvalue weighted by molar-refractivity contribution is 7.86. The molecular weight excluding hydrogens is 226 g/mol. The lowest BCUT2D eigenvalue weighted by molar-refractivity contribution is 0.415. The summed E-state index contributed by atoms with van der Waals surface area (Å²) < 4.78 is 45.5. The van der Waals surface area contributed by atoms with Crippen molar-refractivity contribution in [2.45, 2.75) is 4.90 Å². The fourth-order valence-electron chi connectivity index (χ4n) is 0.728. The second-order valence-corrected chi connectivity index (χ2v) is 3.92. The van der Waals surface area contributed by atoms with E-state index in [1.54, 1.807) is 0 Å². The number of hydrogen-bond acceptors (Lipinski definition) is 3. The van der Waals surface area contributed by atoms with Crippen molar-refractivity contribution < 1.29 is 21.8 Å². The van der Waals surface area contributed by atoms with Crippen LogP contribution in [0.25, 0.3) is 0 Å². The normalized spacial score (nSPS) is 11.6. The predicted octanol–water partition coefficient (Wildman–Crippen LogP) is 1.84. The molecule has 0 unspecified atom stereocenters. The van der Waals surface area contributed by atoms with Gasteiger partial charge in [0.25, 0.3) is 0 Å². The fraction of sp³-hybridized carbons (Fsp3) is 0. The number of phenols is 1. The zero-order chi connectivity index (χ0) is 10.2. The van der Waals surface area contributed by atoms with Crippen LogP contribution in [-0.4, -0.2) is 13.5 Å². The summed E-state index contributed by atoms with van der Waals surface area (Å²) in [6.45, 7) is 0. The Hall–Kier alpha value is -0.880. The summed E-state index contributed by atoms with van der Waals surface area (Å²) in [5.74, 6) is -2.56. The number of rotatable bonds is 1. The molecular formula is C6H3ClF2O3S. The third kappa shape index (κ3) is 2.07. The summed E-state index contributed by atoms with van der Waals surface area (Å²) in [4.78, 5) is -1.17. The van der Waals surface area contributed by atoms with Crippen molar-refractivity contribution in [1.82, 2.24) is 0 Å². The average Bonchev–Trinajstić information content (AvgIpc) is 1.94. The van der Waals surface area contributed by atoms with E-state index in [1.807, 2.05) is 0 Å². The Kier molecular flexibility index (Phi) is 2.44. The van der Waals surface area contributed by atoms with E-state index < -0.39 is 26.7 Å². The fourth-order valence-corrected chi connectivity index (χ4v) is 1.59. The van der Waals surface area contributed by atoms with Crippen LogP contribution in [0, 0.1) is 5.82 Å². The van der Waals surface area contributed by atoms with Gasteiger partial charge in [-0.1, -0.05) is 11.6 Å². The smallest absolute Gasteiger partial charge is 0.335 e. The molecule has 3 nitrogen and oxygen atoms in total. The lowest BCUT2D eigenvalue weighted by atomic mass is 10.3. The highest BCUT2D eigenvalue weighted by Gasteiger charge is 2.21. The van der Waals surface area contributed by atoms with Crippen molar-refractivity contribution in [2.75, 3.05) is 0 Å². The standard InChI is InChI=1S/C6H3ClF2O3S/c7-3-1-4(8)6(10)5(2-3)13(9,11)12/h1-2,10H. The first kappa shape index (κ1) is 10.2. The number of halogens is 3. The maximum atomic E-state index is 12.6. The van der Waals surface area contributed by atoms with Crippen LogP contribution in [0.15, 0.2) is 17.0 Å². The molecule has 1 rings (SSSR count). The van der Waals surface area contributed by atoms with E-state index in [2.05, 4.69) is 0 Å². The summed E-state index contributed by atoms with van der Waals surface area (Å²) >= 11 is 5.25. The summed E-state index contributed by atoms with van der Waals surface area (Å²) in [6.07, 6.45) is 0. The van der Waals surface area contributed by atoms with Crippen molar-refractivity contribution in [2.24, 2.45) is 0 Å². The molecule has 0 heterocycles. The molecule has 0 aliphatic rings. The summed E-state index contributed by atoms with van der Waals surface area (Å²) in [7, 11) is -5.15. The third-order valence-corrected chi connectivity index (χ3v) is 2.31. The Morgan fingerprint density at radius 1 is 1.38 bits per heavy atom. The molecule has 0 aromatic heterocycles. The minimum Gasteiger partial charge on any atom is -0.504 e. The van der Waals surface area contributed by atoms with Crippen LogP contribution in [0.1, 0.15) is 0 Å². The van der Waals surface area contributed by atoms with Gasteiger partial charge in [-0.05, 0) is 12.1 Å². The first-order chi connectivity index (χ1) is 5.82. The van der Waals surface area contributed by atoms with Crippen LogP contribution in [0.3, 0.4) is 0 Å². The topological polar surface area (TPSA) is 54.4 Å². The summed E-state index contributed by atoms with van der Waals surface area (Å²) in [5.41, 5.74) is 0. The maximum absolute atomic E-state index is 12.6. The number of benzene rings is 1. The quantitative estimate of drug-likeness (QED) is 0.747. The molecule has 0 saturated heterocycles. The first-order valence-corrected chi connectivity index (χ1v) is 4.71.